The van der Waals surface area contributed by atoms with Gasteiger partial charge in [-0.2, -0.15) is 0 Å². The first-order valence-electron chi connectivity index (χ1n) is 13.9. The molecule has 7 nitrogen and oxygen atoms in total. The van der Waals surface area contributed by atoms with Gasteiger partial charge in [0, 0.05) is 11.7 Å². The Bertz CT molecular complexity index is 1370. The van der Waals surface area contributed by atoms with Crippen molar-refractivity contribution in [2.75, 3.05) is 5.32 Å². The van der Waals surface area contributed by atoms with Crippen LogP contribution in [0.3, 0.4) is 0 Å². The summed E-state index contributed by atoms with van der Waals surface area (Å²) in [5.74, 6) is -0.932. The lowest BCUT2D eigenvalue weighted by Gasteiger charge is -2.38. The fraction of sp³-hybridized carbons (Fsp3) is 0.424. The van der Waals surface area contributed by atoms with Gasteiger partial charge in [0.1, 0.15) is 17.7 Å². The molecule has 0 aromatic heterocycles. The third-order valence-corrected chi connectivity index (χ3v) is 6.81. The van der Waals surface area contributed by atoms with Crippen molar-refractivity contribution in [3.8, 4) is 0 Å². The molecule has 3 aromatic carbocycles. The van der Waals surface area contributed by atoms with Crippen molar-refractivity contribution in [1.82, 2.24) is 10.2 Å². The molecule has 2 N–H and O–H groups in total. The quantitative estimate of drug-likeness (QED) is 0.322. The predicted molar refractivity (Wildman–Crippen MR) is 161 cm³/mol. The first-order valence-corrected chi connectivity index (χ1v) is 13.9. The Kier molecular flexibility index (Phi) is 9.61. The molecule has 0 fully saturated rings. The zero-order chi connectivity index (χ0) is 29.8. The molecule has 0 aliphatic rings. The van der Waals surface area contributed by atoms with Crippen LogP contribution >= 0.6 is 0 Å². The highest BCUT2D eigenvalue weighted by molar-refractivity contribution is 6.00. The Balaban J connectivity index is 2.04. The summed E-state index contributed by atoms with van der Waals surface area (Å²) in [4.78, 5) is 42.5. The van der Waals surface area contributed by atoms with Crippen LogP contribution in [0.25, 0.3) is 10.8 Å². The molecule has 214 valence electrons. The van der Waals surface area contributed by atoms with E-state index in [9.17, 15) is 14.4 Å². The number of nitrogens with zero attached hydrogens (tertiary/aromatic N) is 1. The lowest BCUT2D eigenvalue weighted by molar-refractivity contribution is -0.143. The summed E-state index contributed by atoms with van der Waals surface area (Å²) in [6.45, 7) is 16.8. The molecule has 0 saturated carbocycles. The minimum absolute atomic E-state index is 0.245. The number of aryl methyl sites for hydroxylation is 2. The van der Waals surface area contributed by atoms with Gasteiger partial charge in [0.15, 0.2) is 0 Å². The van der Waals surface area contributed by atoms with Crippen LogP contribution in [0.1, 0.15) is 71.2 Å². The zero-order valence-electron chi connectivity index (χ0n) is 25.2. The Morgan fingerprint density at radius 3 is 2.05 bits per heavy atom. The highest BCUT2D eigenvalue weighted by Gasteiger charge is 2.39. The van der Waals surface area contributed by atoms with Gasteiger partial charge in [-0.15, -0.1) is 0 Å². The second-order valence-electron chi connectivity index (χ2n) is 12.0. The molecule has 3 amide bonds. The Hall–Kier alpha value is -3.87. The number of hydrogen-bond donors (Lipinski definition) is 2. The normalized spacial score (nSPS) is 13.2. The summed E-state index contributed by atoms with van der Waals surface area (Å²) < 4.78 is 5.44. The van der Waals surface area contributed by atoms with Crippen molar-refractivity contribution >= 4 is 34.4 Å². The molecule has 2 unspecified atom stereocenters. The van der Waals surface area contributed by atoms with Crippen LogP contribution in [0.4, 0.5) is 10.5 Å². The standard InChI is InChI=1S/C33H43N3O4/c1-20(2)28(35-32(39)40-33(7,8)9)31(38)36(21(3)4)29(26-15-14-22(5)23(6)18-26)30(37)34-27-17-16-24-12-10-11-13-25(24)19-27/h10-21,28-29H,1-9H3,(H,34,37)(H,35,39). The van der Waals surface area contributed by atoms with Gasteiger partial charge in [-0.3, -0.25) is 9.59 Å². The molecule has 0 aliphatic carbocycles. The van der Waals surface area contributed by atoms with Crippen LogP contribution in [-0.4, -0.2) is 40.5 Å². The first kappa shape index (κ1) is 30.7. The fourth-order valence-electron chi connectivity index (χ4n) is 4.64. The Morgan fingerprint density at radius 2 is 1.48 bits per heavy atom. The van der Waals surface area contributed by atoms with E-state index in [1.807, 2.05) is 102 Å². The molecule has 3 aromatic rings. The maximum atomic E-state index is 14.2. The van der Waals surface area contributed by atoms with E-state index < -0.39 is 23.8 Å². The average molecular weight is 546 g/mol. The van der Waals surface area contributed by atoms with Crippen LogP contribution in [-0.2, 0) is 14.3 Å². The summed E-state index contributed by atoms with van der Waals surface area (Å²) >= 11 is 0. The van der Waals surface area contributed by atoms with Gasteiger partial charge in [0.05, 0.1) is 0 Å². The van der Waals surface area contributed by atoms with Crippen LogP contribution in [0.15, 0.2) is 60.7 Å². The van der Waals surface area contributed by atoms with Crippen molar-refractivity contribution in [2.45, 2.75) is 86.0 Å². The van der Waals surface area contributed by atoms with E-state index >= 15 is 0 Å². The summed E-state index contributed by atoms with van der Waals surface area (Å²) in [6, 6.07) is 17.3. The van der Waals surface area contributed by atoms with Crippen LogP contribution in [0.5, 0.6) is 0 Å². The predicted octanol–water partition coefficient (Wildman–Crippen LogP) is 6.92. The molecule has 7 heteroatoms. The number of amides is 3. The van der Waals surface area contributed by atoms with Crippen molar-refractivity contribution in [3.05, 3.63) is 77.4 Å². The zero-order valence-corrected chi connectivity index (χ0v) is 25.2. The lowest BCUT2D eigenvalue weighted by Crippen LogP contribution is -2.56. The van der Waals surface area contributed by atoms with E-state index in [4.69, 9.17) is 4.74 Å². The van der Waals surface area contributed by atoms with Gasteiger partial charge in [0.25, 0.3) is 5.91 Å². The Morgan fingerprint density at radius 1 is 0.825 bits per heavy atom. The fourth-order valence-corrected chi connectivity index (χ4v) is 4.64. The van der Waals surface area contributed by atoms with E-state index in [-0.39, 0.29) is 23.8 Å². The van der Waals surface area contributed by atoms with E-state index in [2.05, 4.69) is 10.6 Å². The first-order chi connectivity index (χ1) is 18.7. The monoisotopic (exact) mass is 545 g/mol. The number of benzene rings is 3. The molecule has 2 atom stereocenters. The molecule has 0 saturated heterocycles. The highest BCUT2D eigenvalue weighted by atomic mass is 16.6. The van der Waals surface area contributed by atoms with Crippen molar-refractivity contribution in [2.24, 2.45) is 5.92 Å². The number of nitrogens with one attached hydrogen (secondary N) is 2. The van der Waals surface area contributed by atoms with Gasteiger partial charge in [-0.1, -0.05) is 62.4 Å². The van der Waals surface area contributed by atoms with Crippen LogP contribution < -0.4 is 10.6 Å². The minimum atomic E-state index is -0.931. The smallest absolute Gasteiger partial charge is 0.408 e. The summed E-state index contributed by atoms with van der Waals surface area (Å²) in [5, 5.41) is 7.88. The van der Waals surface area contributed by atoms with Gasteiger partial charge < -0.3 is 20.3 Å². The number of carbonyl (C=O) groups is 3. The SMILES string of the molecule is Cc1ccc(C(C(=O)Nc2ccc3ccccc3c2)N(C(=O)C(NC(=O)OC(C)(C)C)C(C)C)C(C)C)cc1C. The molecule has 0 radical (unpaired) electrons. The van der Waals surface area contributed by atoms with Gasteiger partial charge in [-0.25, -0.2) is 4.79 Å². The molecular weight excluding hydrogens is 502 g/mol. The summed E-state index contributed by atoms with van der Waals surface area (Å²) in [7, 11) is 0. The van der Waals surface area contributed by atoms with Crippen molar-refractivity contribution < 1.29 is 19.1 Å². The molecule has 0 bridgehead atoms. The molecular formula is C33H43N3O4. The van der Waals surface area contributed by atoms with Gasteiger partial charge in [-0.05, 0) is 94.0 Å². The summed E-state index contributed by atoms with van der Waals surface area (Å²) in [5.41, 5.74) is 2.73. The Labute approximate surface area is 238 Å². The minimum Gasteiger partial charge on any atom is -0.444 e. The second kappa shape index (κ2) is 12.5. The summed E-state index contributed by atoms with van der Waals surface area (Å²) in [6.07, 6.45) is -0.674. The molecule has 3 rings (SSSR count). The molecule has 40 heavy (non-hydrogen) atoms. The van der Waals surface area contributed by atoms with Crippen LogP contribution in [0, 0.1) is 19.8 Å². The average Bonchev–Trinajstić information content (AvgIpc) is 2.85. The van der Waals surface area contributed by atoms with E-state index in [0.717, 1.165) is 21.9 Å². The third-order valence-electron chi connectivity index (χ3n) is 6.81. The van der Waals surface area contributed by atoms with E-state index in [1.54, 1.807) is 25.7 Å². The van der Waals surface area contributed by atoms with Crippen LogP contribution in [0.2, 0.25) is 0 Å². The van der Waals surface area contributed by atoms with Crippen molar-refractivity contribution in [1.29, 1.82) is 0 Å². The van der Waals surface area contributed by atoms with E-state index in [0.29, 0.717) is 11.3 Å². The molecule has 0 aliphatic heterocycles. The topological polar surface area (TPSA) is 87.7 Å². The van der Waals surface area contributed by atoms with Gasteiger partial charge >= 0.3 is 6.09 Å². The maximum absolute atomic E-state index is 14.2. The second-order valence-corrected chi connectivity index (χ2v) is 12.0. The number of ether oxygens (including phenoxy) is 1. The number of fused-ring (bicyclic) bond motifs is 1. The van der Waals surface area contributed by atoms with Gasteiger partial charge in [0.2, 0.25) is 5.91 Å². The number of alkyl carbamates (subject to hydrolysis) is 1. The number of carbonyl (C=O) groups excluding carboxylic acids is 3. The largest absolute Gasteiger partial charge is 0.444 e. The number of hydrogen-bond acceptors (Lipinski definition) is 4. The van der Waals surface area contributed by atoms with E-state index in [1.165, 1.54) is 0 Å². The number of anilines is 1. The number of rotatable bonds is 8. The maximum Gasteiger partial charge on any atom is 0.408 e. The lowest BCUT2D eigenvalue weighted by atomic mass is 9.95. The third kappa shape index (κ3) is 7.62. The van der Waals surface area contributed by atoms with Crippen molar-refractivity contribution in [3.63, 3.8) is 0 Å². The highest BCUT2D eigenvalue weighted by Crippen LogP contribution is 2.29. The molecule has 0 heterocycles. The molecule has 0 spiro atoms.